The Morgan fingerprint density at radius 2 is 2.35 bits per heavy atom. The number of amides is 1. The molecule has 7 nitrogen and oxygen atoms in total. The van der Waals surface area contributed by atoms with Gasteiger partial charge in [-0.15, -0.1) is 0 Å². The van der Waals surface area contributed by atoms with E-state index in [9.17, 15) is 4.79 Å². The van der Waals surface area contributed by atoms with E-state index in [1.54, 1.807) is 17.2 Å². The van der Waals surface area contributed by atoms with E-state index in [-0.39, 0.29) is 18.0 Å². The van der Waals surface area contributed by atoms with E-state index < -0.39 is 0 Å². The quantitative estimate of drug-likeness (QED) is 0.824. The molecule has 0 N–H and O–H groups in total. The van der Waals surface area contributed by atoms with Crippen molar-refractivity contribution in [2.24, 2.45) is 0 Å². The Balaban J connectivity index is 1.70. The Bertz CT molecular complexity index is 549. The summed E-state index contributed by atoms with van der Waals surface area (Å²) in [7, 11) is 0. The van der Waals surface area contributed by atoms with Crippen LogP contribution in [0.1, 0.15) is 25.8 Å². The van der Waals surface area contributed by atoms with Gasteiger partial charge in [0, 0.05) is 18.9 Å². The molecule has 1 fully saturated rings. The molecule has 3 rings (SSSR count). The molecule has 0 bridgehead atoms. The molecule has 1 saturated heterocycles. The first-order valence-electron chi connectivity index (χ1n) is 6.87. The average Bonchev–Trinajstić information content (AvgIpc) is 3.20. The van der Waals surface area contributed by atoms with Gasteiger partial charge in [0.25, 0.3) is 0 Å². The average molecular weight is 274 g/mol. The van der Waals surface area contributed by atoms with Crippen LogP contribution in [0, 0.1) is 0 Å². The van der Waals surface area contributed by atoms with Gasteiger partial charge in [-0.3, -0.25) is 9.48 Å². The maximum absolute atomic E-state index is 12.6. The van der Waals surface area contributed by atoms with Crippen LogP contribution in [0.15, 0.2) is 31.1 Å². The SMILES string of the molecule is CC(C(=O)N1CCCC1Cn1cccn1)n1cncn1. The van der Waals surface area contributed by atoms with Crippen LogP contribution >= 0.6 is 0 Å². The third kappa shape index (κ3) is 2.43. The molecule has 2 atom stereocenters. The van der Waals surface area contributed by atoms with Crippen molar-refractivity contribution in [2.45, 2.75) is 38.4 Å². The lowest BCUT2D eigenvalue weighted by atomic mass is 10.2. The number of carbonyl (C=O) groups excluding carboxylic acids is 1. The van der Waals surface area contributed by atoms with Crippen molar-refractivity contribution in [2.75, 3.05) is 6.54 Å². The van der Waals surface area contributed by atoms with Crippen LogP contribution in [-0.2, 0) is 11.3 Å². The number of likely N-dealkylation sites (tertiary alicyclic amines) is 1. The number of hydrogen-bond donors (Lipinski definition) is 0. The van der Waals surface area contributed by atoms with Crippen molar-refractivity contribution in [1.29, 1.82) is 0 Å². The molecular weight excluding hydrogens is 256 g/mol. The van der Waals surface area contributed by atoms with Gasteiger partial charge in [0.05, 0.1) is 12.6 Å². The number of nitrogens with zero attached hydrogens (tertiary/aromatic N) is 6. The molecule has 2 unspecified atom stereocenters. The minimum atomic E-state index is -0.310. The van der Waals surface area contributed by atoms with Crippen molar-refractivity contribution < 1.29 is 4.79 Å². The molecule has 0 spiro atoms. The van der Waals surface area contributed by atoms with Gasteiger partial charge in [-0.2, -0.15) is 10.2 Å². The summed E-state index contributed by atoms with van der Waals surface area (Å²) < 4.78 is 3.49. The second-order valence-corrected chi connectivity index (χ2v) is 5.11. The van der Waals surface area contributed by atoms with Crippen molar-refractivity contribution >= 4 is 5.91 Å². The molecule has 1 aliphatic heterocycles. The van der Waals surface area contributed by atoms with Crippen LogP contribution in [0.3, 0.4) is 0 Å². The van der Waals surface area contributed by atoms with E-state index in [1.807, 2.05) is 28.8 Å². The summed E-state index contributed by atoms with van der Waals surface area (Å²) in [4.78, 5) is 18.4. The highest BCUT2D eigenvalue weighted by Crippen LogP contribution is 2.22. The van der Waals surface area contributed by atoms with Crippen LogP contribution in [0.4, 0.5) is 0 Å². The number of hydrogen-bond acceptors (Lipinski definition) is 4. The predicted molar refractivity (Wildman–Crippen MR) is 71.7 cm³/mol. The second-order valence-electron chi connectivity index (χ2n) is 5.11. The molecule has 1 amide bonds. The molecule has 106 valence electrons. The van der Waals surface area contributed by atoms with Gasteiger partial charge in [0.15, 0.2) is 0 Å². The van der Waals surface area contributed by atoms with Gasteiger partial charge in [-0.1, -0.05) is 0 Å². The Labute approximate surface area is 117 Å². The van der Waals surface area contributed by atoms with E-state index in [0.29, 0.717) is 0 Å². The fraction of sp³-hybridized carbons (Fsp3) is 0.538. The van der Waals surface area contributed by atoms with Crippen molar-refractivity contribution in [3.05, 3.63) is 31.1 Å². The number of aromatic nitrogens is 5. The summed E-state index contributed by atoms with van der Waals surface area (Å²) in [5, 5.41) is 8.27. The highest BCUT2D eigenvalue weighted by Gasteiger charge is 2.32. The largest absolute Gasteiger partial charge is 0.336 e. The Kier molecular flexibility index (Phi) is 3.49. The molecule has 0 aromatic carbocycles. The molecular formula is C13H18N6O. The van der Waals surface area contributed by atoms with Gasteiger partial charge in [-0.25, -0.2) is 9.67 Å². The standard InChI is InChI=1S/C13H18N6O/c1-11(19-10-14-9-16-19)13(20)18-7-2-4-12(18)8-17-6-3-5-15-17/h3,5-6,9-12H,2,4,7-8H2,1H3. The summed E-state index contributed by atoms with van der Waals surface area (Å²) in [6.45, 7) is 3.42. The van der Waals surface area contributed by atoms with Crippen LogP contribution in [0.5, 0.6) is 0 Å². The highest BCUT2D eigenvalue weighted by molar-refractivity contribution is 5.80. The summed E-state index contributed by atoms with van der Waals surface area (Å²) in [6, 6.07) is 1.81. The molecule has 1 aliphatic rings. The summed E-state index contributed by atoms with van der Waals surface area (Å²) >= 11 is 0. The van der Waals surface area contributed by atoms with Crippen LogP contribution < -0.4 is 0 Å². The monoisotopic (exact) mass is 274 g/mol. The van der Waals surface area contributed by atoms with E-state index in [0.717, 1.165) is 25.9 Å². The van der Waals surface area contributed by atoms with Gasteiger partial charge in [0.1, 0.15) is 18.7 Å². The summed E-state index contributed by atoms with van der Waals surface area (Å²) in [6.07, 6.45) is 8.80. The zero-order valence-electron chi connectivity index (χ0n) is 11.5. The minimum absolute atomic E-state index is 0.102. The van der Waals surface area contributed by atoms with Crippen molar-refractivity contribution in [1.82, 2.24) is 29.4 Å². The Hall–Kier alpha value is -2.18. The lowest BCUT2D eigenvalue weighted by molar-refractivity contribution is -0.135. The minimum Gasteiger partial charge on any atom is -0.336 e. The normalized spacial score (nSPS) is 20.2. The first kappa shape index (κ1) is 12.8. The Morgan fingerprint density at radius 3 is 3.05 bits per heavy atom. The van der Waals surface area contributed by atoms with Gasteiger partial charge in [0.2, 0.25) is 5.91 Å². The molecule has 20 heavy (non-hydrogen) atoms. The number of carbonyl (C=O) groups is 1. The van der Waals surface area contributed by atoms with Gasteiger partial charge >= 0.3 is 0 Å². The third-order valence-corrected chi connectivity index (χ3v) is 3.81. The molecule has 7 heteroatoms. The van der Waals surface area contributed by atoms with Crippen molar-refractivity contribution in [3.8, 4) is 0 Å². The summed E-state index contributed by atoms with van der Waals surface area (Å²) in [5.74, 6) is 0.102. The third-order valence-electron chi connectivity index (χ3n) is 3.81. The van der Waals surface area contributed by atoms with E-state index in [4.69, 9.17) is 0 Å². The van der Waals surface area contributed by atoms with E-state index >= 15 is 0 Å². The van der Waals surface area contributed by atoms with Gasteiger partial charge < -0.3 is 4.90 Å². The topological polar surface area (TPSA) is 68.8 Å². The van der Waals surface area contributed by atoms with E-state index in [2.05, 4.69) is 15.2 Å². The molecule has 3 heterocycles. The predicted octanol–water partition coefficient (Wildman–Crippen LogP) is 0.727. The second kappa shape index (κ2) is 5.44. The first-order chi connectivity index (χ1) is 9.75. The molecule has 2 aromatic heterocycles. The van der Waals surface area contributed by atoms with Crippen LogP contribution in [0.25, 0.3) is 0 Å². The molecule has 2 aromatic rings. The summed E-state index contributed by atoms with van der Waals surface area (Å²) in [5.41, 5.74) is 0. The lowest BCUT2D eigenvalue weighted by Gasteiger charge is -2.27. The van der Waals surface area contributed by atoms with Gasteiger partial charge in [-0.05, 0) is 25.8 Å². The zero-order valence-corrected chi connectivity index (χ0v) is 11.5. The molecule has 0 radical (unpaired) electrons. The molecule has 0 aliphatic carbocycles. The first-order valence-corrected chi connectivity index (χ1v) is 6.87. The maximum Gasteiger partial charge on any atom is 0.247 e. The lowest BCUT2D eigenvalue weighted by Crippen LogP contribution is -2.41. The van der Waals surface area contributed by atoms with E-state index in [1.165, 1.54) is 6.33 Å². The molecule has 0 saturated carbocycles. The maximum atomic E-state index is 12.6. The van der Waals surface area contributed by atoms with Crippen molar-refractivity contribution in [3.63, 3.8) is 0 Å². The van der Waals surface area contributed by atoms with Crippen LogP contribution in [-0.4, -0.2) is 47.9 Å². The fourth-order valence-corrected chi connectivity index (χ4v) is 2.71. The smallest absolute Gasteiger partial charge is 0.247 e. The number of rotatable bonds is 4. The highest BCUT2D eigenvalue weighted by atomic mass is 16.2. The van der Waals surface area contributed by atoms with Crippen LogP contribution in [0.2, 0.25) is 0 Å². The Morgan fingerprint density at radius 1 is 1.45 bits per heavy atom. The zero-order chi connectivity index (χ0) is 13.9. The fourth-order valence-electron chi connectivity index (χ4n) is 2.71.